The van der Waals surface area contributed by atoms with E-state index in [4.69, 9.17) is 4.74 Å². The van der Waals surface area contributed by atoms with Crippen molar-refractivity contribution >= 4 is 23.2 Å². The first-order valence-electron chi connectivity index (χ1n) is 8.91. The lowest BCUT2D eigenvalue weighted by Gasteiger charge is -2.09. The van der Waals surface area contributed by atoms with Gasteiger partial charge in [-0.15, -0.1) is 0 Å². The van der Waals surface area contributed by atoms with Gasteiger partial charge in [0.15, 0.2) is 0 Å². The summed E-state index contributed by atoms with van der Waals surface area (Å²) in [4.78, 5) is 20.9. The lowest BCUT2D eigenvalue weighted by Crippen LogP contribution is -2.14. The van der Waals surface area contributed by atoms with E-state index in [1.165, 1.54) is 5.56 Å². The number of amides is 1. The monoisotopic (exact) mass is 362 g/mol. The van der Waals surface area contributed by atoms with E-state index in [2.05, 4.69) is 27.5 Å². The van der Waals surface area contributed by atoms with Crippen LogP contribution in [0.2, 0.25) is 0 Å². The highest BCUT2D eigenvalue weighted by atomic mass is 16.5. The minimum atomic E-state index is -0.281. The first kappa shape index (κ1) is 18.4. The van der Waals surface area contributed by atoms with Crippen molar-refractivity contribution in [2.75, 3.05) is 17.2 Å². The van der Waals surface area contributed by atoms with Gasteiger partial charge in [0.05, 0.1) is 6.61 Å². The minimum Gasteiger partial charge on any atom is -0.494 e. The Balaban J connectivity index is 1.67. The zero-order chi connectivity index (χ0) is 19.1. The Labute approximate surface area is 158 Å². The van der Waals surface area contributed by atoms with Crippen molar-refractivity contribution in [3.8, 4) is 5.75 Å². The number of carbonyl (C=O) groups is 1. The van der Waals surface area contributed by atoms with Gasteiger partial charge in [0, 0.05) is 17.6 Å². The van der Waals surface area contributed by atoms with Gasteiger partial charge < -0.3 is 15.4 Å². The Morgan fingerprint density at radius 3 is 2.33 bits per heavy atom. The number of hydrogen-bond acceptors (Lipinski definition) is 5. The number of anilines is 3. The van der Waals surface area contributed by atoms with Gasteiger partial charge >= 0.3 is 0 Å². The second-order valence-corrected chi connectivity index (χ2v) is 5.85. The van der Waals surface area contributed by atoms with Crippen LogP contribution in [-0.2, 0) is 6.42 Å². The molecule has 0 fully saturated rings. The second kappa shape index (κ2) is 8.80. The molecular weight excluding hydrogens is 340 g/mol. The average molecular weight is 362 g/mol. The van der Waals surface area contributed by atoms with Crippen molar-refractivity contribution in [3.05, 3.63) is 72.1 Å². The first-order chi connectivity index (χ1) is 13.2. The fraction of sp³-hybridized carbons (Fsp3) is 0.190. The molecule has 2 N–H and O–H groups in total. The molecule has 1 aromatic heterocycles. The molecule has 138 valence electrons. The third-order valence-corrected chi connectivity index (χ3v) is 3.93. The molecule has 0 bridgehead atoms. The Bertz CT molecular complexity index is 893. The molecule has 6 nitrogen and oxygen atoms in total. The number of nitrogens with one attached hydrogen (secondary N) is 2. The summed E-state index contributed by atoms with van der Waals surface area (Å²) in [6.07, 6.45) is 2.51. The third-order valence-electron chi connectivity index (χ3n) is 3.93. The summed E-state index contributed by atoms with van der Waals surface area (Å²) in [6, 6.07) is 16.8. The Hall–Kier alpha value is -3.41. The lowest BCUT2D eigenvalue weighted by molar-refractivity contribution is 0.102. The molecule has 0 radical (unpaired) electrons. The molecule has 0 saturated heterocycles. The van der Waals surface area contributed by atoms with E-state index >= 15 is 0 Å². The van der Waals surface area contributed by atoms with E-state index in [1.807, 2.05) is 55.5 Å². The van der Waals surface area contributed by atoms with E-state index in [9.17, 15) is 4.79 Å². The third kappa shape index (κ3) is 5.04. The normalized spacial score (nSPS) is 10.3. The Morgan fingerprint density at radius 2 is 1.67 bits per heavy atom. The van der Waals surface area contributed by atoms with Crippen LogP contribution in [0.5, 0.6) is 5.75 Å². The number of ether oxygens (including phenoxy) is 1. The van der Waals surface area contributed by atoms with Crippen LogP contribution in [0.3, 0.4) is 0 Å². The summed E-state index contributed by atoms with van der Waals surface area (Å²) in [7, 11) is 0. The standard InChI is InChI=1S/C21H22N4O2/c1-3-15-5-7-16(8-6-15)23-20(26)19-13-14-22-21(25-19)24-17-9-11-18(12-10-17)27-4-2/h5-14H,3-4H2,1-2H3,(H,23,26)(H,22,24,25). The van der Waals surface area contributed by atoms with Crippen LogP contribution in [0, 0.1) is 0 Å². The maximum atomic E-state index is 12.4. The molecule has 3 rings (SSSR count). The van der Waals surface area contributed by atoms with E-state index in [0.717, 1.165) is 23.5 Å². The van der Waals surface area contributed by atoms with Crippen molar-refractivity contribution in [2.45, 2.75) is 20.3 Å². The van der Waals surface area contributed by atoms with Gasteiger partial charge in [-0.3, -0.25) is 4.79 Å². The van der Waals surface area contributed by atoms with Crippen LogP contribution in [0.15, 0.2) is 60.8 Å². The summed E-state index contributed by atoms with van der Waals surface area (Å²) >= 11 is 0. The van der Waals surface area contributed by atoms with Gasteiger partial charge in [0.1, 0.15) is 11.4 Å². The number of rotatable bonds is 7. The van der Waals surface area contributed by atoms with Crippen molar-refractivity contribution in [3.63, 3.8) is 0 Å². The zero-order valence-electron chi connectivity index (χ0n) is 15.4. The molecule has 1 heterocycles. The molecule has 6 heteroatoms. The number of aryl methyl sites for hydroxylation is 1. The molecule has 0 spiro atoms. The van der Waals surface area contributed by atoms with Crippen molar-refractivity contribution in [1.82, 2.24) is 9.97 Å². The van der Waals surface area contributed by atoms with Crippen LogP contribution in [-0.4, -0.2) is 22.5 Å². The predicted octanol–water partition coefficient (Wildman–Crippen LogP) is 4.43. The number of hydrogen-bond donors (Lipinski definition) is 2. The fourth-order valence-electron chi connectivity index (χ4n) is 2.49. The Kier molecular flexibility index (Phi) is 5.99. The van der Waals surface area contributed by atoms with Crippen LogP contribution in [0.25, 0.3) is 0 Å². The maximum Gasteiger partial charge on any atom is 0.274 e. The summed E-state index contributed by atoms with van der Waals surface area (Å²) in [5.41, 5.74) is 3.05. The quantitative estimate of drug-likeness (QED) is 0.650. The van der Waals surface area contributed by atoms with E-state index in [-0.39, 0.29) is 11.6 Å². The highest BCUT2D eigenvalue weighted by Gasteiger charge is 2.09. The first-order valence-corrected chi connectivity index (χ1v) is 8.91. The molecule has 0 aliphatic rings. The molecule has 0 saturated carbocycles. The summed E-state index contributed by atoms with van der Waals surface area (Å²) in [6.45, 7) is 4.65. The fourth-order valence-corrected chi connectivity index (χ4v) is 2.49. The van der Waals surface area contributed by atoms with E-state index in [1.54, 1.807) is 12.3 Å². The summed E-state index contributed by atoms with van der Waals surface area (Å²) in [5.74, 6) is 0.871. The second-order valence-electron chi connectivity index (χ2n) is 5.85. The van der Waals surface area contributed by atoms with Crippen molar-refractivity contribution in [1.29, 1.82) is 0 Å². The minimum absolute atomic E-state index is 0.281. The van der Waals surface area contributed by atoms with Gasteiger partial charge in [0.2, 0.25) is 5.95 Å². The number of carbonyl (C=O) groups excluding carboxylic acids is 1. The molecule has 0 aliphatic carbocycles. The molecule has 3 aromatic rings. The van der Waals surface area contributed by atoms with Crippen LogP contribution >= 0.6 is 0 Å². The number of nitrogens with zero attached hydrogens (tertiary/aromatic N) is 2. The van der Waals surface area contributed by atoms with Gasteiger partial charge in [-0.25, -0.2) is 9.97 Å². The smallest absolute Gasteiger partial charge is 0.274 e. The van der Waals surface area contributed by atoms with E-state index < -0.39 is 0 Å². The van der Waals surface area contributed by atoms with E-state index in [0.29, 0.717) is 12.6 Å². The summed E-state index contributed by atoms with van der Waals surface area (Å²) < 4.78 is 5.42. The van der Waals surface area contributed by atoms with Crippen molar-refractivity contribution < 1.29 is 9.53 Å². The molecule has 0 atom stereocenters. The summed E-state index contributed by atoms with van der Waals surface area (Å²) in [5, 5.41) is 5.94. The molecule has 0 aliphatic heterocycles. The average Bonchev–Trinajstić information content (AvgIpc) is 2.70. The largest absolute Gasteiger partial charge is 0.494 e. The molecule has 2 aromatic carbocycles. The highest BCUT2D eigenvalue weighted by molar-refractivity contribution is 6.03. The molecule has 1 amide bonds. The van der Waals surface area contributed by atoms with Gasteiger partial charge in [-0.1, -0.05) is 19.1 Å². The highest BCUT2D eigenvalue weighted by Crippen LogP contribution is 2.18. The predicted molar refractivity (Wildman–Crippen MR) is 107 cm³/mol. The van der Waals surface area contributed by atoms with Crippen LogP contribution < -0.4 is 15.4 Å². The molecular formula is C21H22N4O2. The van der Waals surface area contributed by atoms with Crippen LogP contribution in [0.4, 0.5) is 17.3 Å². The zero-order valence-corrected chi connectivity index (χ0v) is 15.4. The van der Waals surface area contributed by atoms with Crippen LogP contribution in [0.1, 0.15) is 29.9 Å². The topological polar surface area (TPSA) is 76.1 Å². The molecule has 27 heavy (non-hydrogen) atoms. The van der Waals surface area contributed by atoms with Gasteiger partial charge in [-0.05, 0) is 61.4 Å². The van der Waals surface area contributed by atoms with Gasteiger partial charge in [0.25, 0.3) is 5.91 Å². The number of benzene rings is 2. The molecule has 0 unspecified atom stereocenters. The maximum absolute atomic E-state index is 12.4. The lowest BCUT2D eigenvalue weighted by atomic mass is 10.1. The van der Waals surface area contributed by atoms with Gasteiger partial charge in [-0.2, -0.15) is 0 Å². The SMILES string of the molecule is CCOc1ccc(Nc2nccc(C(=O)Nc3ccc(CC)cc3)n2)cc1. The number of aromatic nitrogens is 2. The van der Waals surface area contributed by atoms with Crippen molar-refractivity contribution in [2.24, 2.45) is 0 Å². The Morgan fingerprint density at radius 1 is 0.963 bits per heavy atom.